The summed E-state index contributed by atoms with van der Waals surface area (Å²) in [4.78, 5) is 56.5. The Kier molecular flexibility index (Phi) is 8.30. The number of hydrogen-bond donors (Lipinski definition) is 0. The van der Waals surface area contributed by atoms with Crippen LogP contribution in [0.2, 0.25) is 0 Å². The van der Waals surface area contributed by atoms with Gasteiger partial charge in [0.05, 0.1) is 17.1 Å². The molecule has 0 unspecified atom stereocenters. The summed E-state index contributed by atoms with van der Waals surface area (Å²) in [5.74, 6) is -1.09. The fourth-order valence-corrected chi connectivity index (χ4v) is 6.01. The molecule has 2 aromatic carbocycles. The molecule has 41 heavy (non-hydrogen) atoms. The van der Waals surface area contributed by atoms with Crippen LogP contribution in [0.5, 0.6) is 0 Å². The molecule has 212 valence electrons. The molecule has 2 saturated heterocycles. The number of carbonyl (C=O) groups is 4. The van der Waals surface area contributed by atoms with E-state index in [0.29, 0.717) is 38.3 Å². The number of amides is 3. The van der Waals surface area contributed by atoms with Gasteiger partial charge in [-0.3, -0.25) is 19.3 Å². The highest BCUT2D eigenvalue weighted by Crippen LogP contribution is 2.34. The zero-order chi connectivity index (χ0) is 29.1. The molecule has 1 aromatic heterocycles. The van der Waals surface area contributed by atoms with E-state index in [4.69, 9.17) is 4.74 Å². The van der Waals surface area contributed by atoms with Crippen molar-refractivity contribution in [3.63, 3.8) is 0 Å². The Morgan fingerprint density at radius 3 is 2.34 bits per heavy atom. The number of piperazine rings is 1. The van der Waals surface area contributed by atoms with Crippen molar-refractivity contribution >= 4 is 46.5 Å². The van der Waals surface area contributed by atoms with E-state index >= 15 is 0 Å². The lowest BCUT2D eigenvalue weighted by atomic mass is 10.2. The Labute approximate surface area is 243 Å². The molecule has 3 amide bonds. The van der Waals surface area contributed by atoms with Gasteiger partial charge in [0.25, 0.3) is 11.1 Å². The van der Waals surface area contributed by atoms with Crippen molar-refractivity contribution in [3.8, 4) is 5.69 Å². The number of ether oxygens (including phenoxy) is 1. The zero-order valence-corrected chi connectivity index (χ0v) is 24.1. The largest absolute Gasteiger partial charge is 0.462 e. The van der Waals surface area contributed by atoms with Gasteiger partial charge in [-0.05, 0) is 80.6 Å². The van der Waals surface area contributed by atoms with Crippen LogP contribution in [0.3, 0.4) is 0 Å². The first-order chi connectivity index (χ1) is 19.8. The Balaban J connectivity index is 1.27. The standard InChI is InChI=1S/C31H32N4O5S/c1-4-40-30(38)23-9-8-12-26(18-23)35-21(2)17-24(22(35)3)19-27-29(37)34(31(39)41-27)20-28(36)33-15-13-32(14-16-33)25-10-6-5-7-11-25/h5-12,17-19H,4,13-16,20H2,1-3H3/b27-19+. The Morgan fingerprint density at radius 1 is 0.927 bits per heavy atom. The third kappa shape index (κ3) is 5.92. The average molecular weight is 573 g/mol. The number of para-hydroxylation sites is 1. The van der Waals surface area contributed by atoms with E-state index in [-0.39, 0.29) is 17.4 Å². The van der Waals surface area contributed by atoms with Crippen LogP contribution in [0.1, 0.15) is 34.2 Å². The molecule has 0 aliphatic carbocycles. The predicted molar refractivity (Wildman–Crippen MR) is 159 cm³/mol. The van der Waals surface area contributed by atoms with E-state index < -0.39 is 17.1 Å². The molecule has 9 nitrogen and oxygen atoms in total. The van der Waals surface area contributed by atoms with Gasteiger partial charge in [-0.2, -0.15) is 0 Å². The van der Waals surface area contributed by atoms with Crippen molar-refractivity contribution < 1.29 is 23.9 Å². The van der Waals surface area contributed by atoms with Crippen molar-refractivity contribution in [1.29, 1.82) is 0 Å². The van der Waals surface area contributed by atoms with Crippen LogP contribution in [-0.2, 0) is 14.3 Å². The SMILES string of the molecule is CCOC(=O)c1cccc(-n2c(C)cc(/C=C3/SC(=O)N(CC(=O)N4CCN(c5ccccc5)CC4)C3=O)c2C)c1. The highest BCUT2D eigenvalue weighted by atomic mass is 32.2. The van der Waals surface area contributed by atoms with Crippen molar-refractivity contribution in [1.82, 2.24) is 14.4 Å². The number of aromatic nitrogens is 1. The summed E-state index contributed by atoms with van der Waals surface area (Å²) < 4.78 is 7.11. The van der Waals surface area contributed by atoms with Gasteiger partial charge in [0.15, 0.2) is 0 Å². The zero-order valence-electron chi connectivity index (χ0n) is 23.3. The minimum atomic E-state index is -0.467. The van der Waals surface area contributed by atoms with E-state index in [2.05, 4.69) is 4.90 Å². The quantitative estimate of drug-likeness (QED) is 0.301. The lowest BCUT2D eigenvalue weighted by molar-refractivity contribution is -0.136. The molecule has 0 radical (unpaired) electrons. The van der Waals surface area contributed by atoms with Crippen LogP contribution < -0.4 is 4.90 Å². The first kappa shape index (κ1) is 28.2. The van der Waals surface area contributed by atoms with E-state index in [1.54, 1.807) is 36.1 Å². The molecule has 0 atom stereocenters. The van der Waals surface area contributed by atoms with E-state index in [9.17, 15) is 19.2 Å². The smallest absolute Gasteiger partial charge is 0.338 e. The van der Waals surface area contributed by atoms with Gasteiger partial charge >= 0.3 is 5.97 Å². The van der Waals surface area contributed by atoms with Gasteiger partial charge in [-0.15, -0.1) is 0 Å². The number of esters is 1. The van der Waals surface area contributed by atoms with Crippen LogP contribution in [-0.4, -0.2) is 76.7 Å². The number of aryl methyl sites for hydroxylation is 1. The molecule has 3 heterocycles. The van der Waals surface area contributed by atoms with E-state index in [1.807, 2.05) is 60.9 Å². The van der Waals surface area contributed by atoms with Crippen LogP contribution in [0.15, 0.2) is 65.6 Å². The molecule has 0 N–H and O–H groups in total. The second kappa shape index (κ2) is 12.1. The molecule has 10 heteroatoms. The minimum Gasteiger partial charge on any atom is -0.462 e. The average Bonchev–Trinajstić information content (AvgIpc) is 3.41. The number of rotatable bonds is 7. The molecule has 5 rings (SSSR count). The maximum absolute atomic E-state index is 13.2. The van der Waals surface area contributed by atoms with Gasteiger partial charge in [0, 0.05) is 48.9 Å². The number of benzene rings is 2. The molecule has 3 aromatic rings. The second-order valence-electron chi connectivity index (χ2n) is 9.90. The van der Waals surface area contributed by atoms with Gasteiger partial charge in [-0.1, -0.05) is 24.3 Å². The van der Waals surface area contributed by atoms with Crippen LogP contribution >= 0.6 is 11.8 Å². The molecule has 0 spiro atoms. The third-order valence-electron chi connectivity index (χ3n) is 7.29. The highest BCUT2D eigenvalue weighted by Gasteiger charge is 2.37. The molecule has 2 aliphatic rings. The lowest BCUT2D eigenvalue weighted by Crippen LogP contribution is -2.51. The second-order valence-corrected chi connectivity index (χ2v) is 10.9. The minimum absolute atomic E-state index is 0.235. The highest BCUT2D eigenvalue weighted by molar-refractivity contribution is 8.18. The van der Waals surface area contributed by atoms with Crippen LogP contribution in [0, 0.1) is 13.8 Å². The number of hydrogen-bond acceptors (Lipinski definition) is 7. The number of imide groups is 1. The summed E-state index contributed by atoms with van der Waals surface area (Å²) in [6.45, 7) is 8.08. The Morgan fingerprint density at radius 2 is 1.63 bits per heavy atom. The van der Waals surface area contributed by atoms with Gasteiger partial charge < -0.3 is 19.1 Å². The summed E-state index contributed by atoms with van der Waals surface area (Å²) in [6, 6.07) is 19.1. The van der Waals surface area contributed by atoms with E-state index in [1.165, 1.54) is 0 Å². The first-order valence-corrected chi connectivity index (χ1v) is 14.4. The molecular weight excluding hydrogens is 540 g/mol. The number of carbonyl (C=O) groups excluding carboxylic acids is 4. The Bertz CT molecular complexity index is 1520. The topological polar surface area (TPSA) is 92.2 Å². The first-order valence-electron chi connectivity index (χ1n) is 13.6. The molecular formula is C31H32N4O5S. The normalized spacial score (nSPS) is 16.6. The fourth-order valence-electron chi connectivity index (χ4n) is 5.18. The molecule has 2 aliphatic heterocycles. The summed E-state index contributed by atoms with van der Waals surface area (Å²) >= 11 is 0.844. The van der Waals surface area contributed by atoms with Crippen molar-refractivity contribution in [2.24, 2.45) is 0 Å². The maximum Gasteiger partial charge on any atom is 0.338 e. The summed E-state index contributed by atoms with van der Waals surface area (Å²) in [6.07, 6.45) is 1.70. The van der Waals surface area contributed by atoms with Gasteiger partial charge in [-0.25, -0.2) is 4.79 Å². The number of thioether (sulfide) groups is 1. The molecule has 0 saturated carbocycles. The third-order valence-corrected chi connectivity index (χ3v) is 8.20. The van der Waals surface area contributed by atoms with E-state index in [0.717, 1.165) is 45.0 Å². The summed E-state index contributed by atoms with van der Waals surface area (Å²) in [5.41, 5.74) is 4.88. The van der Waals surface area contributed by atoms with Crippen LogP contribution in [0.4, 0.5) is 10.5 Å². The van der Waals surface area contributed by atoms with Gasteiger partial charge in [0.2, 0.25) is 5.91 Å². The maximum atomic E-state index is 13.2. The van der Waals surface area contributed by atoms with Crippen molar-refractivity contribution in [2.45, 2.75) is 20.8 Å². The van der Waals surface area contributed by atoms with Crippen molar-refractivity contribution in [3.05, 3.63) is 88.1 Å². The lowest BCUT2D eigenvalue weighted by Gasteiger charge is -2.36. The monoisotopic (exact) mass is 572 g/mol. The Hall–Kier alpha value is -4.31. The summed E-state index contributed by atoms with van der Waals surface area (Å²) in [5, 5.41) is -0.450. The summed E-state index contributed by atoms with van der Waals surface area (Å²) in [7, 11) is 0. The predicted octanol–water partition coefficient (Wildman–Crippen LogP) is 4.66. The number of nitrogens with zero attached hydrogens (tertiary/aromatic N) is 4. The van der Waals surface area contributed by atoms with Crippen LogP contribution in [0.25, 0.3) is 11.8 Å². The molecule has 0 bridgehead atoms. The number of anilines is 1. The van der Waals surface area contributed by atoms with Gasteiger partial charge in [0.1, 0.15) is 6.54 Å². The fraction of sp³-hybridized carbons (Fsp3) is 0.290. The van der Waals surface area contributed by atoms with Crippen molar-refractivity contribution in [2.75, 3.05) is 44.2 Å². The molecule has 2 fully saturated rings.